The van der Waals surface area contributed by atoms with Gasteiger partial charge in [-0.1, -0.05) is 12.1 Å². The average Bonchev–Trinajstić information content (AvgIpc) is 3.27. The summed E-state index contributed by atoms with van der Waals surface area (Å²) in [4.78, 5) is 68.5. The van der Waals surface area contributed by atoms with Gasteiger partial charge in [0.1, 0.15) is 35.1 Å². The van der Waals surface area contributed by atoms with Crippen LogP contribution in [-0.4, -0.2) is 94.0 Å². The number of nitrogens with one attached hydrogen (secondary N) is 2. The lowest BCUT2D eigenvalue weighted by Crippen LogP contribution is -2.56. The molecule has 0 aromatic heterocycles. The molecule has 14 heteroatoms. The van der Waals surface area contributed by atoms with Gasteiger partial charge in [-0.25, -0.2) is 18.8 Å². The summed E-state index contributed by atoms with van der Waals surface area (Å²) in [5.41, 5.74) is -1.21. The molecule has 3 fully saturated rings. The van der Waals surface area contributed by atoms with Crippen LogP contribution in [0.1, 0.15) is 70.4 Å². The molecule has 1 saturated carbocycles. The van der Waals surface area contributed by atoms with E-state index in [4.69, 9.17) is 14.2 Å². The first-order valence-corrected chi connectivity index (χ1v) is 15.4. The molecule has 3 aliphatic heterocycles. The Hall–Kier alpha value is -3.94. The Morgan fingerprint density at radius 1 is 1.13 bits per heavy atom. The van der Waals surface area contributed by atoms with Crippen molar-refractivity contribution in [1.82, 2.24) is 20.4 Å². The Labute approximate surface area is 260 Å². The van der Waals surface area contributed by atoms with Crippen molar-refractivity contribution in [2.24, 2.45) is 5.92 Å². The molecule has 3 N–H and O–H groups in total. The number of hydrogen-bond donors (Lipinski definition) is 3. The highest BCUT2D eigenvalue weighted by Crippen LogP contribution is 2.47. The summed E-state index contributed by atoms with van der Waals surface area (Å²) < 4.78 is 31.1. The molecule has 0 spiro atoms. The van der Waals surface area contributed by atoms with Gasteiger partial charge in [0.2, 0.25) is 11.8 Å². The van der Waals surface area contributed by atoms with Gasteiger partial charge in [-0.2, -0.15) is 0 Å². The van der Waals surface area contributed by atoms with E-state index in [-0.39, 0.29) is 44.8 Å². The topological polar surface area (TPSA) is 164 Å². The molecule has 246 valence electrons. The van der Waals surface area contributed by atoms with Gasteiger partial charge in [-0.15, -0.1) is 0 Å². The Bertz CT molecular complexity index is 1350. The highest BCUT2D eigenvalue weighted by molar-refractivity contribution is 5.96. The molecule has 0 radical (unpaired) electrons. The lowest BCUT2D eigenvalue weighted by Gasteiger charge is -2.30. The molecule has 5 atom stereocenters. The van der Waals surface area contributed by atoms with Crippen LogP contribution >= 0.6 is 0 Å². The SMILES string of the molecule is CC(C)(C)OC(=O)N[C@H]1CCCOCCC[C@@H]2C[C@@]2(C(=O)O)NC(=O)[C@@H]2C[C@@H](OC(=O)N3Cc4cccc(F)c4C3)CN2C1=O. The zero-order valence-electron chi connectivity index (χ0n) is 25.8. The predicted octanol–water partition coefficient (Wildman–Crippen LogP) is 2.69. The lowest BCUT2D eigenvalue weighted by atomic mass is 10.1. The minimum absolute atomic E-state index is 0.0204. The summed E-state index contributed by atoms with van der Waals surface area (Å²) in [7, 11) is 0. The number of nitrogens with zero attached hydrogens (tertiary/aromatic N) is 2. The normalized spacial score (nSPS) is 28.9. The standard InChI is InChI=1S/C31H41FN4O9/c1-30(2,3)45-28(41)33-23-10-6-12-43-11-5-8-19-14-31(19,27(39)40)34-25(37)24-13-20(16-36(24)26(23)38)44-29(42)35-15-18-7-4-9-22(32)21(18)17-35/h4,7,9,19-20,23-24H,5-6,8,10-17H2,1-3H3,(H,33,41)(H,34,37)(H,39,40)/t19-,20-,23+,24+,31-/m1/s1. The van der Waals surface area contributed by atoms with E-state index in [9.17, 15) is 33.5 Å². The summed E-state index contributed by atoms with van der Waals surface area (Å²) in [6, 6.07) is 2.37. The molecule has 2 saturated heterocycles. The van der Waals surface area contributed by atoms with Gasteiger partial charge in [-0.3, -0.25) is 14.5 Å². The highest BCUT2D eigenvalue weighted by atomic mass is 19.1. The third-order valence-electron chi connectivity index (χ3n) is 8.75. The van der Waals surface area contributed by atoms with Crippen LogP contribution in [0.25, 0.3) is 0 Å². The maximum absolute atomic E-state index is 14.3. The van der Waals surface area contributed by atoms with Gasteiger partial charge in [0.25, 0.3) is 0 Å². The van der Waals surface area contributed by atoms with Gasteiger partial charge in [-0.05, 0) is 70.4 Å². The number of halogens is 1. The van der Waals surface area contributed by atoms with E-state index in [1.807, 2.05) is 0 Å². The molecule has 1 aliphatic carbocycles. The molecule has 45 heavy (non-hydrogen) atoms. The number of carbonyl (C=O) groups excluding carboxylic acids is 4. The number of aliphatic carboxylic acids is 1. The number of ether oxygens (including phenoxy) is 3. The van der Waals surface area contributed by atoms with E-state index in [1.54, 1.807) is 32.9 Å². The third-order valence-corrected chi connectivity index (χ3v) is 8.75. The van der Waals surface area contributed by atoms with Gasteiger partial charge >= 0.3 is 18.2 Å². The number of carboxylic acid groups (broad SMARTS) is 1. The lowest BCUT2D eigenvalue weighted by molar-refractivity contribution is -0.146. The van der Waals surface area contributed by atoms with E-state index < -0.39 is 65.1 Å². The van der Waals surface area contributed by atoms with Crippen molar-refractivity contribution in [3.05, 3.63) is 35.1 Å². The predicted molar refractivity (Wildman–Crippen MR) is 155 cm³/mol. The molecule has 5 rings (SSSR count). The quantitative estimate of drug-likeness (QED) is 0.455. The van der Waals surface area contributed by atoms with Crippen molar-refractivity contribution in [1.29, 1.82) is 0 Å². The fourth-order valence-corrected chi connectivity index (χ4v) is 6.38. The molecule has 3 heterocycles. The second kappa shape index (κ2) is 12.8. The Morgan fingerprint density at radius 3 is 2.56 bits per heavy atom. The molecule has 0 unspecified atom stereocenters. The van der Waals surface area contributed by atoms with Crippen LogP contribution in [0.2, 0.25) is 0 Å². The van der Waals surface area contributed by atoms with Gasteiger partial charge in [0, 0.05) is 31.7 Å². The van der Waals surface area contributed by atoms with E-state index in [0.29, 0.717) is 43.6 Å². The van der Waals surface area contributed by atoms with Crippen molar-refractivity contribution in [2.75, 3.05) is 19.8 Å². The third kappa shape index (κ3) is 7.32. The zero-order valence-corrected chi connectivity index (χ0v) is 25.8. The first-order valence-electron chi connectivity index (χ1n) is 15.4. The van der Waals surface area contributed by atoms with Crippen LogP contribution in [0, 0.1) is 11.7 Å². The molecule has 1 aromatic rings. The van der Waals surface area contributed by atoms with E-state index in [1.165, 1.54) is 15.9 Å². The number of amides is 4. The minimum atomic E-state index is -1.46. The molecular formula is C31H41FN4O9. The Balaban J connectivity index is 1.36. The van der Waals surface area contributed by atoms with Crippen molar-refractivity contribution in [3.8, 4) is 0 Å². The van der Waals surface area contributed by atoms with Crippen LogP contribution in [0.3, 0.4) is 0 Å². The van der Waals surface area contributed by atoms with Gasteiger partial charge in [0.15, 0.2) is 0 Å². The van der Waals surface area contributed by atoms with Crippen LogP contribution in [-0.2, 0) is 41.7 Å². The number of alkyl carbamates (subject to hydrolysis) is 1. The first kappa shape index (κ1) is 32.5. The summed E-state index contributed by atoms with van der Waals surface area (Å²) in [6.45, 7) is 5.79. The summed E-state index contributed by atoms with van der Waals surface area (Å²) >= 11 is 0. The number of carboxylic acids is 1. The second-order valence-corrected chi connectivity index (χ2v) is 13.2. The van der Waals surface area contributed by atoms with E-state index >= 15 is 0 Å². The van der Waals surface area contributed by atoms with E-state index in [2.05, 4.69) is 10.6 Å². The van der Waals surface area contributed by atoms with E-state index in [0.717, 1.165) is 0 Å². The maximum Gasteiger partial charge on any atom is 0.410 e. The number of benzene rings is 1. The zero-order chi connectivity index (χ0) is 32.5. The maximum atomic E-state index is 14.3. The Morgan fingerprint density at radius 2 is 1.87 bits per heavy atom. The van der Waals surface area contributed by atoms with Gasteiger partial charge < -0.3 is 34.9 Å². The van der Waals surface area contributed by atoms with Crippen molar-refractivity contribution in [2.45, 2.75) is 102 Å². The van der Waals surface area contributed by atoms with Crippen LogP contribution in [0.5, 0.6) is 0 Å². The van der Waals surface area contributed by atoms with Crippen LogP contribution in [0.15, 0.2) is 18.2 Å². The first-order chi connectivity index (χ1) is 21.3. The van der Waals surface area contributed by atoms with Crippen molar-refractivity contribution >= 4 is 30.0 Å². The van der Waals surface area contributed by atoms with Crippen molar-refractivity contribution in [3.63, 3.8) is 0 Å². The number of rotatable bonds is 3. The number of fused-ring (bicyclic) bond motifs is 3. The molecule has 13 nitrogen and oxygen atoms in total. The highest BCUT2D eigenvalue weighted by Gasteiger charge is 2.62. The number of hydrogen-bond acceptors (Lipinski definition) is 8. The molecule has 0 bridgehead atoms. The van der Waals surface area contributed by atoms with Gasteiger partial charge in [0.05, 0.1) is 13.1 Å². The van der Waals surface area contributed by atoms with Crippen molar-refractivity contribution < 1.29 is 47.7 Å². The summed E-state index contributed by atoms with van der Waals surface area (Å²) in [5, 5.41) is 15.3. The van der Waals surface area contributed by atoms with Crippen LogP contribution < -0.4 is 10.6 Å². The minimum Gasteiger partial charge on any atom is -0.479 e. The second-order valence-electron chi connectivity index (χ2n) is 13.2. The molecule has 4 aliphatic rings. The molecule has 4 amide bonds. The fraction of sp³-hybridized carbons (Fsp3) is 0.645. The summed E-state index contributed by atoms with van der Waals surface area (Å²) in [5.74, 6) is -3.14. The average molecular weight is 633 g/mol. The molecular weight excluding hydrogens is 591 g/mol. The monoisotopic (exact) mass is 632 g/mol. The number of carbonyl (C=O) groups is 5. The smallest absolute Gasteiger partial charge is 0.410 e. The van der Waals surface area contributed by atoms with Crippen LogP contribution in [0.4, 0.5) is 14.0 Å². The molecule has 1 aromatic carbocycles. The largest absolute Gasteiger partial charge is 0.479 e. The fourth-order valence-electron chi connectivity index (χ4n) is 6.38. The Kier molecular flexibility index (Phi) is 9.24. The summed E-state index contributed by atoms with van der Waals surface area (Å²) in [6.07, 6.45) is -0.524.